The molecule has 4 amide bonds. The van der Waals surface area contributed by atoms with Crippen molar-refractivity contribution in [3.8, 4) is 0 Å². The topological polar surface area (TPSA) is 116 Å². The predicted molar refractivity (Wildman–Crippen MR) is 152 cm³/mol. The van der Waals surface area contributed by atoms with E-state index >= 15 is 0 Å². The minimum Gasteiger partial charge on any atom is -0.308 e. The molecule has 0 spiro atoms. The Morgan fingerprint density at radius 1 is 0.459 bits per heavy atom. The van der Waals surface area contributed by atoms with Crippen molar-refractivity contribution in [1.29, 1.82) is 0 Å². The van der Waals surface area contributed by atoms with Crippen molar-refractivity contribution in [2.45, 2.75) is 9.79 Å². The highest BCUT2D eigenvalue weighted by Gasteiger charge is 2.18. The molecule has 0 heterocycles. The average Bonchev–Trinajstić information content (AvgIpc) is 2.87. The Morgan fingerprint density at radius 2 is 0.703 bits per heavy atom. The first-order chi connectivity index (χ1) is 17.7. The van der Waals surface area contributed by atoms with Gasteiger partial charge in [-0.25, -0.2) is 18.0 Å². The number of halogens is 2. The van der Waals surface area contributed by atoms with Crippen LogP contribution in [0.3, 0.4) is 0 Å². The number of sulfone groups is 1. The van der Waals surface area contributed by atoms with Crippen molar-refractivity contribution in [2.75, 3.05) is 21.3 Å². The van der Waals surface area contributed by atoms with E-state index in [0.717, 1.165) is 8.95 Å². The van der Waals surface area contributed by atoms with Crippen molar-refractivity contribution in [1.82, 2.24) is 0 Å². The summed E-state index contributed by atoms with van der Waals surface area (Å²) in [6, 6.07) is 25.0. The summed E-state index contributed by atoms with van der Waals surface area (Å²) in [4.78, 5) is 24.6. The van der Waals surface area contributed by atoms with Crippen LogP contribution in [0.1, 0.15) is 0 Å². The van der Waals surface area contributed by atoms with Crippen LogP contribution in [0.25, 0.3) is 0 Å². The van der Waals surface area contributed by atoms with Crippen molar-refractivity contribution >= 4 is 76.5 Å². The van der Waals surface area contributed by atoms with Gasteiger partial charge in [-0.3, -0.25) is 0 Å². The van der Waals surface area contributed by atoms with Crippen LogP contribution >= 0.6 is 31.9 Å². The van der Waals surface area contributed by atoms with Gasteiger partial charge in [0.05, 0.1) is 9.79 Å². The summed E-state index contributed by atoms with van der Waals surface area (Å²) in [6.45, 7) is 0. The molecule has 0 radical (unpaired) electrons. The standard InChI is InChI=1S/C26H20Br2N4O4S/c27-17-1-5-19(6-2-17)29-25(33)31-21-9-13-23(14-10-21)37(35,36)24-15-11-22(12-16-24)32-26(34)30-20-7-3-18(28)4-8-20/h1-16H,(H2,29,31,33)(H2,30,32,34). The molecule has 0 fully saturated rings. The Kier molecular flexibility index (Phi) is 8.27. The zero-order valence-corrected chi connectivity index (χ0v) is 23.0. The molecule has 4 aromatic carbocycles. The van der Waals surface area contributed by atoms with E-state index in [0.29, 0.717) is 22.7 Å². The fourth-order valence-corrected chi connectivity index (χ4v) is 5.01. The van der Waals surface area contributed by atoms with Crippen molar-refractivity contribution < 1.29 is 18.0 Å². The minimum atomic E-state index is -3.80. The van der Waals surface area contributed by atoms with Gasteiger partial charge in [0.25, 0.3) is 0 Å². The molecular weight excluding hydrogens is 624 g/mol. The second-order valence-corrected chi connectivity index (χ2v) is 11.5. The van der Waals surface area contributed by atoms with E-state index in [-0.39, 0.29) is 9.79 Å². The Balaban J connectivity index is 1.36. The molecule has 0 saturated carbocycles. The Labute approximate surface area is 230 Å². The van der Waals surface area contributed by atoms with Gasteiger partial charge in [-0.05, 0) is 97.1 Å². The first kappa shape index (κ1) is 26.4. The second kappa shape index (κ2) is 11.6. The number of rotatable bonds is 6. The van der Waals surface area contributed by atoms with Crippen molar-refractivity contribution in [2.24, 2.45) is 0 Å². The lowest BCUT2D eigenvalue weighted by Crippen LogP contribution is -2.19. The third kappa shape index (κ3) is 7.19. The molecule has 188 valence electrons. The summed E-state index contributed by atoms with van der Waals surface area (Å²) >= 11 is 6.67. The summed E-state index contributed by atoms with van der Waals surface area (Å²) in [5.74, 6) is 0. The third-order valence-electron chi connectivity index (χ3n) is 5.05. The monoisotopic (exact) mass is 642 g/mol. The SMILES string of the molecule is O=C(Nc1ccc(Br)cc1)Nc1ccc(S(=O)(=O)c2ccc(NC(=O)Nc3ccc(Br)cc3)cc2)cc1. The Morgan fingerprint density at radius 3 is 0.973 bits per heavy atom. The predicted octanol–water partition coefficient (Wildman–Crippen LogP) is 7.33. The number of benzene rings is 4. The van der Waals surface area contributed by atoms with Gasteiger partial charge in [-0.2, -0.15) is 0 Å². The smallest absolute Gasteiger partial charge is 0.308 e. The van der Waals surface area contributed by atoms with Gasteiger partial charge in [0, 0.05) is 31.7 Å². The molecular formula is C26H20Br2N4O4S. The number of hydrogen-bond acceptors (Lipinski definition) is 4. The van der Waals surface area contributed by atoms with Crippen LogP contribution in [-0.4, -0.2) is 20.5 Å². The lowest BCUT2D eigenvalue weighted by atomic mass is 10.3. The quantitative estimate of drug-likeness (QED) is 0.176. The molecule has 4 N–H and O–H groups in total. The Bertz CT molecular complexity index is 1400. The molecule has 0 aliphatic carbocycles. The van der Waals surface area contributed by atoms with Gasteiger partial charge in [0.2, 0.25) is 9.84 Å². The number of amides is 4. The maximum atomic E-state index is 13.0. The van der Waals surface area contributed by atoms with Crippen LogP contribution in [0, 0.1) is 0 Å². The molecule has 4 rings (SSSR count). The van der Waals surface area contributed by atoms with Crippen molar-refractivity contribution in [3.05, 3.63) is 106 Å². The first-order valence-electron chi connectivity index (χ1n) is 10.8. The molecule has 0 aliphatic rings. The third-order valence-corrected chi connectivity index (χ3v) is 7.89. The fraction of sp³-hybridized carbons (Fsp3) is 0. The zero-order chi connectivity index (χ0) is 26.4. The number of hydrogen-bond donors (Lipinski definition) is 4. The Hall–Kier alpha value is -3.67. The average molecular weight is 644 g/mol. The van der Waals surface area contributed by atoms with Crippen molar-refractivity contribution in [3.63, 3.8) is 0 Å². The first-order valence-corrected chi connectivity index (χ1v) is 13.9. The highest BCUT2D eigenvalue weighted by atomic mass is 79.9. The van der Waals surface area contributed by atoms with E-state index in [1.807, 2.05) is 0 Å². The summed E-state index contributed by atoms with van der Waals surface area (Å²) in [5.41, 5.74) is 2.10. The molecule has 4 aromatic rings. The van der Waals surface area contributed by atoms with Crippen LogP contribution in [0.15, 0.2) is 116 Å². The molecule has 0 unspecified atom stereocenters. The normalized spacial score (nSPS) is 10.9. The van der Waals surface area contributed by atoms with E-state index in [1.54, 1.807) is 48.5 Å². The number of anilines is 4. The molecule has 0 bridgehead atoms. The van der Waals surface area contributed by atoms with Crippen LogP contribution in [0.2, 0.25) is 0 Å². The largest absolute Gasteiger partial charge is 0.323 e. The molecule has 8 nitrogen and oxygen atoms in total. The van der Waals surface area contributed by atoms with Crippen LogP contribution in [-0.2, 0) is 9.84 Å². The van der Waals surface area contributed by atoms with Gasteiger partial charge in [0.1, 0.15) is 0 Å². The molecule has 37 heavy (non-hydrogen) atoms. The maximum absolute atomic E-state index is 13.0. The molecule has 11 heteroatoms. The van der Waals surface area contributed by atoms with Gasteiger partial charge < -0.3 is 21.3 Å². The van der Waals surface area contributed by atoms with Gasteiger partial charge in [-0.1, -0.05) is 31.9 Å². The van der Waals surface area contributed by atoms with Gasteiger partial charge in [0.15, 0.2) is 0 Å². The fourth-order valence-electron chi connectivity index (χ4n) is 3.22. The van der Waals surface area contributed by atoms with Gasteiger partial charge >= 0.3 is 12.1 Å². The van der Waals surface area contributed by atoms with E-state index in [4.69, 9.17) is 0 Å². The highest BCUT2D eigenvalue weighted by molar-refractivity contribution is 9.10. The van der Waals surface area contributed by atoms with E-state index in [9.17, 15) is 18.0 Å². The molecule has 0 aliphatic heterocycles. The zero-order valence-electron chi connectivity index (χ0n) is 19.0. The van der Waals surface area contributed by atoms with E-state index in [1.165, 1.54) is 48.5 Å². The maximum Gasteiger partial charge on any atom is 0.323 e. The lowest BCUT2D eigenvalue weighted by molar-refractivity contribution is 0.261. The van der Waals surface area contributed by atoms with E-state index in [2.05, 4.69) is 53.1 Å². The number of nitrogens with one attached hydrogen (secondary N) is 4. The minimum absolute atomic E-state index is 0.0695. The molecule has 0 atom stereocenters. The summed E-state index contributed by atoms with van der Waals surface area (Å²) in [5, 5.41) is 10.7. The number of carbonyl (C=O) groups is 2. The second-order valence-electron chi connectivity index (χ2n) is 7.72. The summed E-state index contributed by atoms with van der Waals surface area (Å²) in [7, 11) is -3.80. The summed E-state index contributed by atoms with van der Waals surface area (Å²) < 4.78 is 27.8. The van der Waals surface area contributed by atoms with Gasteiger partial charge in [-0.15, -0.1) is 0 Å². The molecule has 0 aromatic heterocycles. The lowest BCUT2D eigenvalue weighted by Gasteiger charge is -2.10. The number of urea groups is 2. The van der Waals surface area contributed by atoms with Crippen LogP contribution in [0.4, 0.5) is 32.3 Å². The van der Waals surface area contributed by atoms with E-state index < -0.39 is 21.9 Å². The highest BCUT2D eigenvalue weighted by Crippen LogP contribution is 2.24. The van der Waals surface area contributed by atoms with Crippen LogP contribution < -0.4 is 21.3 Å². The summed E-state index contributed by atoms with van der Waals surface area (Å²) in [6.07, 6.45) is 0. The number of carbonyl (C=O) groups excluding carboxylic acids is 2. The molecule has 0 saturated heterocycles. The van der Waals surface area contributed by atoms with Crippen LogP contribution in [0.5, 0.6) is 0 Å².